The molecule has 0 saturated carbocycles. The van der Waals surface area contributed by atoms with Gasteiger partial charge in [-0.3, -0.25) is 4.79 Å². The van der Waals surface area contributed by atoms with Crippen molar-refractivity contribution in [2.75, 3.05) is 13.7 Å². The van der Waals surface area contributed by atoms with Crippen LogP contribution in [0.1, 0.15) is 5.56 Å². The quantitative estimate of drug-likeness (QED) is 0.436. The molecule has 2 aromatic carbocycles. The molecule has 25 heavy (non-hydrogen) atoms. The molecule has 2 rings (SSSR count). The Bertz CT molecular complexity index is 812. The molecule has 2 N–H and O–H groups in total. The largest absolute Gasteiger partial charge is 0.504 e. The van der Waals surface area contributed by atoms with Gasteiger partial charge in [-0.1, -0.05) is 34.8 Å². The normalized spacial score (nSPS) is 10.7. The highest BCUT2D eigenvalue weighted by Crippen LogP contribution is 2.33. The van der Waals surface area contributed by atoms with Crippen LogP contribution in [0.2, 0.25) is 15.1 Å². The number of benzene rings is 2. The lowest BCUT2D eigenvalue weighted by atomic mass is 10.2. The van der Waals surface area contributed by atoms with Gasteiger partial charge in [-0.05, 0) is 29.8 Å². The predicted molar refractivity (Wildman–Crippen MR) is 97.4 cm³/mol. The number of amides is 1. The van der Waals surface area contributed by atoms with Crippen molar-refractivity contribution in [1.82, 2.24) is 5.43 Å². The number of hydrazone groups is 1. The number of phenols is 1. The van der Waals surface area contributed by atoms with E-state index in [0.29, 0.717) is 11.3 Å². The first kappa shape index (κ1) is 19.2. The van der Waals surface area contributed by atoms with Gasteiger partial charge in [-0.15, -0.1) is 0 Å². The number of phenolic OH excluding ortho intramolecular Hbond substituents is 1. The van der Waals surface area contributed by atoms with E-state index in [1.165, 1.54) is 31.5 Å². The van der Waals surface area contributed by atoms with E-state index in [1.807, 2.05) is 0 Å². The van der Waals surface area contributed by atoms with Gasteiger partial charge in [0.1, 0.15) is 5.75 Å². The number of halogens is 3. The van der Waals surface area contributed by atoms with E-state index in [2.05, 4.69) is 10.5 Å². The summed E-state index contributed by atoms with van der Waals surface area (Å²) in [6.07, 6.45) is 1.36. The second kappa shape index (κ2) is 8.80. The van der Waals surface area contributed by atoms with Gasteiger partial charge in [0.15, 0.2) is 18.1 Å². The lowest BCUT2D eigenvalue weighted by Gasteiger charge is -2.08. The molecule has 0 atom stereocenters. The van der Waals surface area contributed by atoms with Crippen LogP contribution in [0.25, 0.3) is 0 Å². The summed E-state index contributed by atoms with van der Waals surface area (Å²) in [6.45, 7) is -0.317. The highest BCUT2D eigenvalue weighted by atomic mass is 35.5. The molecule has 1 amide bonds. The summed E-state index contributed by atoms with van der Waals surface area (Å²) in [6, 6.07) is 7.53. The predicted octanol–water partition coefficient (Wildman–Crippen LogP) is 3.89. The maximum absolute atomic E-state index is 11.7. The average molecular weight is 404 g/mol. The summed E-state index contributed by atoms with van der Waals surface area (Å²) in [4.78, 5) is 11.7. The molecule has 0 aromatic heterocycles. The lowest BCUT2D eigenvalue weighted by Crippen LogP contribution is -2.24. The topological polar surface area (TPSA) is 80.2 Å². The smallest absolute Gasteiger partial charge is 0.277 e. The van der Waals surface area contributed by atoms with Gasteiger partial charge < -0.3 is 14.6 Å². The molecule has 2 aromatic rings. The number of methoxy groups -OCH3 is 1. The van der Waals surface area contributed by atoms with Crippen LogP contribution in [0.5, 0.6) is 17.2 Å². The SMILES string of the molecule is COc1ccc(/C=N/NC(=O)COc2cc(Cl)c(Cl)cc2Cl)cc1O. The molecule has 9 heteroatoms. The second-order valence-corrected chi connectivity index (χ2v) is 5.93. The maximum atomic E-state index is 11.7. The van der Waals surface area contributed by atoms with Crippen molar-refractivity contribution in [3.05, 3.63) is 51.0 Å². The van der Waals surface area contributed by atoms with Gasteiger partial charge >= 0.3 is 0 Å². The molecule has 0 fully saturated rings. The van der Waals surface area contributed by atoms with Crippen molar-refractivity contribution in [3.8, 4) is 17.2 Å². The molecule has 0 spiro atoms. The van der Waals surface area contributed by atoms with Gasteiger partial charge in [-0.2, -0.15) is 5.10 Å². The van der Waals surface area contributed by atoms with Crippen LogP contribution < -0.4 is 14.9 Å². The van der Waals surface area contributed by atoms with E-state index in [4.69, 9.17) is 44.3 Å². The van der Waals surface area contributed by atoms with E-state index < -0.39 is 5.91 Å². The van der Waals surface area contributed by atoms with Crippen LogP contribution in [0, 0.1) is 0 Å². The molecule has 0 aliphatic carbocycles. The summed E-state index contributed by atoms with van der Waals surface area (Å²) in [5, 5.41) is 14.2. The number of aromatic hydroxyl groups is 1. The third-order valence-corrected chi connectivity index (χ3v) is 3.96. The minimum Gasteiger partial charge on any atom is -0.504 e. The molecular weight excluding hydrogens is 391 g/mol. The van der Waals surface area contributed by atoms with Crippen molar-refractivity contribution in [2.24, 2.45) is 5.10 Å². The van der Waals surface area contributed by atoms with E-state index in [0.717, 1.165) is 0 Å². The molecule has 6 nitrogen and oxygen atoms in total. The zero-order valence-electron chi connectivity index (χ0n) is 12.9. The zero-order valence-corrected chi connectivity index (χ0v) is 15.2. The standard InChI is InChI=1S/C16H13Cl3N2O4/c1-24-14-3-2-9(4-13(14)22)7-20-21-16(23)8-25-15-6-11(18)10(17)5-12(15)19/h2-7,22H,8H2,1H3,(H,21,23)/b20-7+. The van der Waals surface area contributed by atoms with Crippen molar-refractivity contribution in [3.63, 3.8) is 0 Å². The highest BCUT2D eigenvalue weighted by molar-refractivity contribution is 6.43. The zero-order chi connectivity index (χ0) is 18.4. The number of carbonyl (C=O) groups is 1. The molecule has 0 aliphatic heterocycles. The van der Waals surface area contributed by atoms with Crippen LogP contribution in [0.3, 0.4) is 0 Å². The summed E-state index contributed by atoms with van der Waals surface area (Å²) >= 11 is 17.6. The molecule has 0 heterocycles. The molecule has 132 valence electrons. The Hall–Kier alpha value is -2.15. The van der Waals surface area contributed by atoms with Crippen LogP contribution in [0.15, 0.2) is 35.4 Å². The van der Waals surface area contributed by atoms with Crippen molar-refractivity contribution >= 4 is 46.9 Å². The number of nitrogens with one attached hydrogen (secondary N) is 1. The Morgan fingerprint density at radius 1 is 1.16 bits per heavy atom. The van der Waals surface area contributed by atoms with E-state index in [-0.39, 0.29) is 33.2 Å². The first-order valence-corrected chi connectivity index (χ1v) is 8.00. The van der Waals surface area contributed by atoms with E-state index in [9.17, 15) is 9.90 Å². The number of hydrogen-bond acceptors (Lipinski definition) is 5. The van der Waals surface area contributed by atoms with Gasteiger partial charge in [0.25, 0.3) is 5.91 Å². The monoisotopic (exact) mass is 402 g/mol. The summed E-state index contributed by atoms with van der Waals surface area (Å²) in [5.41, 5.74) is 2.86. The van der Waals surface area contributed by atoms with Crippen LogP contribution in [-0.2, 0) is 4.79 Å². The Balaban J connectivity index is 1.88. The van der Waals surface area contributed by atoms with Crippen molar-refractivity contribution in [1.29, 1.82) is 0 Å². The Morgan fingerprint density at radius 3 is 2.56 bits per heavy atom. The molecule has 0 bridgehead atoms. The van der Waals surface area contributed by atoms with Crippen LogP contribution in [-0.4, -0.2) is 30.9 Å². The van der Waals surface area contributed by atoms with E-state index >= 15 is 0 Å². The van der Waals surface area contributed by atoms with Gasteiger partial charge in [-0.25, -0.2) is 5.43 Å². The fourth-order valence-electron chi connectivity index (χ4n) is 1.76. The summed E-state index contributed by atoms with van der Waals surface area (Å²) in [5.74, 6) is 0.0369. The molecule has 0 saturated heterocycles. The Morgan fingerprint density at radius 2 is 1.88 bits per heavy atom. The highest BCUT2D eigenvalue weighted by Gasteiger charge is 2.09. The van der Waals surface area contributed by atoms with Crippen molar-refractivity contribution < 1.29 is 19.4 Å². The first-order valence-electron chi connectivity index (χ1n) is 6.87. The third-order valence-electron chi connectivity index (χ3n) is 2.94. The first-order chi connectivity index (χ1) is 11.9. The fourth-order valence-corrected chi connectivity index (χ4v) is 2.35. The minimum atomic E-state index is -0.504. The Labute approximate surface area is 158 Å². The van der Waals surface area contributed by atoms with Crippen LogP contribution >= 0.6 is 34.8 Å². The fraction of sp³-hybridized carbons (Fsp3) is 0.125. The van der Waals surface area contributed by atoms with Crippen molar-refractivity contribution in [2.45, 2.75) is 0 Å². The number of carbonyl (C=O) groups excluding carboxylic acids is 1. The molecule has 0 aliphatic rings. The van der Waals surface area contributed by atoms with Gasteiger partial charge in [0.05, 0.1) is 28.4 Å². The lowest BCUT2D eigenvalue weighted by molar-refractivity contribution is -0.123. The minimum absolute atomic E-state index is 0.0321. The van der Waals surface area contributed by atoms with E-state index in [1.54, 1.807) is 12.1 Å². The summed E-state index contributed by atoms with van der Waals surface area (Å²) < 4.78 is 10.2. The van der Waals surface area contributed by atoms with Crippen LogP contribution in [0.4, 0.5) is 0 Å². The third kappa shape index (κ3) is 5.42. The van der Waals surface area contributed by atoms with Gasteiger partial charge in [0.2, 0.25) is 0 Å². The number of rotatable bonds is 6. The van der Waals surface area contributed by atoms with Gasteiger partial charge in [0, 0.05) is 6.07 Å². The average Bonchev–Trinajstić information content (AvgIpc) is 2.57. The number of ether oxygens (including phenoxy) is 2. The number of nitrogens with zero attached hydrogens (tertiary/aromatic N) is 1. The second-order valence-electron chi connectivity index (χ2n) is 4.71. The maximum Gasteiger partial charge on any atom is 0.277 e. The molecule has 0 unspecified atom stereocenters. The summed E-state index contributed by atoms with van der Waals surface area (Å²) in [7, 11) is 1.45. The number of hydrogen-bond donors (Lipinski definition) is 2. The Kier molecular flexibility index (Phi) is 6.75. The molecular formula is C16H13Cl3N2O4. The molecule has 0 radical (unpaired) electrons.